The zero-order valence-electron chi connectivity index (χ0n) is 14.9. The molecule has 1 aromatic heterocycles. The van der Waals surface area contributed by atoms with Crippen LogP contribution in [0.1, 0.15) is 30.8 Å². The number of nitrogens with one attached hydrogen (secondary N) is 2. The number of carbonyl (C=O) groups excluding carboxylic acids is 2. The Morgan fingerprint density at radius 3 is 2.63 bits per heavy atom. The quantitative estimate of drug-likeness (QED) is 0.632. The molecular formula is C18H20ClN3O5. The zero-order chi connectivity index (χ0) is 20.0. The highest BCUT2D eigenvalue weighted by atomic mass is 35.5. The van der Waals surface area contributed by atoms with Crippen molar-refractivity contribution in [1.29, 1.82) is 0 Å². The molecule has 3 N–H and O–H groups in total. The van der Waals surface area contributed by atoms with Crippen molar-refractivity contribution in [3.8, 4) is 11.3 Å². The number of hydrogen-bond donors (Lipinski definition) is 3. The van der Waals surface area contributed by atoms with Crippen molar-refractivity contribution < 1.29 is 24.0 Å². The summed E-state index contributed by atoms with van der Waals surface area (Å²) in [6, 6.07) is 7.28. The molecule has 2 amide bonds. The monoisotopic (exact) mass is 393 g/mol. The molecule has 144 valence electrons. The van der Waals surface area contributed by atoms with E-state index in [1.54, 1.807) is 24.3 Å². The van der Waals surface area contributed by atoms with E-state index < -0.39 is 23.8 Å². The first-order chi connectivity index (χ1) is 12.8. The Kier molecular flexibility index (Phi) is 6.95. The lowest BCUT2D eigenvalue weighted by Gasteiger charge is -2.16. The molecule has 0 radical (unpaired) electrons. The molecule has 0 aliphatic carbocycles. The third-order valence-corrected chi connectivity index (χ3v) is 3.84. The number of carboxylic acids is 1. The number of hydrogen-bond acceptors (Lipinski definition) is 5. The van der Waals surface area contributed by atoms with E-state index in [2.05, 4.69) is 15.8 Å². The van der Waals surface area contributed by atoms with Crippen molar-refractivity contribution in [2.24, 2.45) is 5.92 Å². The van der Waals surface area contributed by atoms with Gasteiger partial charge in [0, 0.05) is 16.7 Å². The highest BCUT2D eigenvalue weighted by molar-refractivity contribution is 6.30. The molecule has 0 saturated heterocycles. The van der Waals surface area contributed by atoms with Gasteiger partial charge in [0.25, 0.3) is 5.91 Å². The maximum Gasteiger partial charge on any atom is 0.326 e. The number of halogens is 1. The number of rotatable bonds is 8. The van der Waals surface area contributed by atoms with Crippen LogP contribution in [0.15, 0.2) is 34.9 Å². The Balaban J connectivity index is 1.92. The van der Waals surface area contributed by atoms with Crippen LogP contribution in [0.5, 0.6) is 0 Å². The smallest absolute Gasteiger partial charge is 0.326 e. The van der Waals surface area contributed by atoms with Gasteiger partial charge in [-0.2, -0.15) is 0 Å². The van der Waals surface area contributed by atoms with Gasteiger partial charge in [-0.1, -0.05) is 42.7 Å². The second-order valence-electron chi connectivity index (χ2n) is 6.36. The fourth-order valence-electron chi connectivity index (χ4n) is 2.35. The van der Waals surface area contributed by atoms with E-state index >= 15 is 0 Å². The molecule has 0 spiro atoms. The molecule has 2 aromatic rings. The van der Waals surface area contributed by atoms with Crippen LogP contribution in [0, 0.1) is 5.92 Å². The van der Waals surface area contributed by atoms with Gasteiger partial charge in [0.2, 0.25) is 5.91 Å². The van der Waals surface area contributed by atoms with Gasteiger partial charge >= 0.3 is 5.97 Å². The lowest BCUT2D eigenvalue weighted by atomic mass is 10.0. The van der Waals surface area contributed by atoms with Crippen molar-refractivity contribution in [3.05, 3.63) is 41.0 Å². The van der Waals surface area contributed by atoms with Gasteiger partial charge in [0.05, 0.1) is 6.54 Å². The molecular weight excluding hydrogens is 374 g/mol. The summed E-state index contributed by atoms with van der Waals surface area (Å²) >= 11 is 5.92. The highest BCUT2D eigenvalue weighted by Gasteiger charge is 2.21. The molecule has 0 aliphatic rings. The predicted molar refractivity (Wildman–Crippen MR) is 98.3 cm³/mol. The van der Waals surface area contributed by atoms with E-state index in [0.29, 0.717) is 22.8 Å². The van der Waals surface area contributed by atoms with Crippen LogP contribution in [-0.4, -0.2) is 40.6 Å². The minimum atomic E-state index is -1.12. The summed E-state index contributed by atoms with van der Waals surface area (Å²) < 4.78 is 5.13. The second kappa shape index (κ2) is 9.18. The number of carboxylic acid groups (broad SMARTS) is 1. The maximum atomic E-state index is 12.1. The summed E-state index contributed by atoms with van der Waals surface area (Å²) in [5.74, 6) is -1.88. The fourth-order valence-corrected chi connectivity index (χ4v) is 2.54. The lowest BCUT2D eigenvalue weighted by molar-refractivity contribution is -0.142. The normalized spacial score (nSPS) is 11.9. The van der Waals surface area contributed by atoms with Crippen molar-refractivity contribution in [1.82, 2.24) is 15.8 Å². The van der Waals surface area contributed by atoms with Crippen LogP contribution in [0.4, 0.5) is 0 Å². The number of nitrogens with zero attached hydrogens (tertiary/aromatic N) is 1. The summed E-state index contributed by atoms with van der Waals surface area (Å²) in [7, 11) is 0. The summed E-state index contributed by atoms with van der Waals surface area (Å²) in [5, 5.41) is 18.1. The van der Waals surface area contributed by atoms with Gasteiger partial charge in [0.15, 0.2) is 11.5 Å². The van der Waals surface area contributed by atoms with Gasteiger partial charge in [-0.25, -0.2) is 4.79 Å². The molecule has 9 heteroatoms. The van der Waals surface area contributed by atoms with Crippen LogP contribution >= 0.6 is 11.6 Å². The number of benzene rings is 1. The third kappa shape index (κ3) is 6.10. The van der Waals surface area contributed by atoms with Crippen molar-refractivity contribution in [2.75, 3.05) is 6.54 Å². The molecule has 0 fully saturated rings. The molecule has 27 heavy (non-hydrogen) atoms. The summed E-state index contributed by atoms with van der Waals surface area (Å²) in [4.78, 5) is 35.2. The van der Waals surface area contributed by atoms with E-state index in [-0.39, 0.29) is 18.2 Å². The van der Waals surface area contributed by atoms with E-state index in [9.17, 15) is 14.4 Å². The molecule has 0 saturated carbocycles. The van der Waals surface area contributed by atoms with Crippen LogP contribution in [0.25, 0.3) is 11.3 Å². The van der Waals surface area contributed by atoms with Crippen molar-refractivity contribution >= 4 is 29.4 Å². The Morgan fingerprint density at radius 2 is 2.00 bits per heavy atom. The van der Waals surface area contributed by atoms with Crippen molar-refractivity contribution in [3.63, 3.8) is 0 Å². The minimum Gasteiger partial charge on any atom is -0.480 e. The van der Waals surface area contributed by atoms with Gasteiger partial charge in [0.1, 0.15) is 6.04 Å². The van der Waals surface area contributed by atoms with Crippen LogP contribution in [0.3, 0.4) is 0 Å². The molecule has 2 rings (SSSR count). The first-order valence-corrected chi connectivity index (χ1v) is 8.67. The fraction of sp³-hybridized carbons (Fsp3) is 0.333. The largest absolute Gasteiger partial charge is 0.480 e. The maximum absolute atomic E-state index is 12.1. The highest BCUT2D eigenvalue weighted by Crippen LogP contribution is 2.23. The second-order valence-corrected chi connectivity index (χ2v) is 6.79. The average molecular weight is 394 g/mol. The average Bonchev–Trinajstić information content (AvgIpc) is 3.09. The summed E-state index contributed by atoms with van der Waals surface area (Å²) in [6.45, 7) is 3.33. The minimum absolute atomic E-state index is 0.00487. The Morgan fingerprint density at radius 1 is 1.26 bits per heavy atom. The topological polar surface area (TPSA) is 122 Å². The summed E-state index contributed by atoms with van der Waals surface area (Å²) in [6.07, 6.45) is 0.293. The van der Waals surface area contributed by atoms with Gasteiger partial charge in [-0.3, -0.25) is 9.59 Å². The Hall–Kier alpha value is -2.87. The van der Waals surface area contributed by atoms with Crippen LogP contribution in [0.2, 0.25) is 5.02 Å². The zero-order valence-corrected chi connectivity index (χ0v) is 15.6. The lowest BCUT2D eigenvalue weighted by Crippen LogP contribution is -2.46. The first kappa shape index (κ1) is 20.4. The molecule has 1 heterocycles. The molecule has 0 aliphatic heterocycles. The van der Waals surface area contributed by atoms with Crippen molar-refractivity contribution in [2.45, 2.75) is 26.3 Å². The van der Waals surface area contributed by atoms with E-state index in [0.717, 1.165) is 0 Å². The molecule has 0 bridgehead atoms. The molecule has 8 nitrogen and oxygen atoms in total. The van der Waals surface area contributed by atoms with E-state index in [1.807, 2.05) is 13.8 Å². The van der Waals surface area contributed by atoms with Crippen LogP contribution in [-0.2, 0) is 9.59 Å². The standard InChI is InChI=1S/C18H20ClN3O5/c1-10(2)6-14(18(25)26)21-16(23)9-20-17(24)13-8-15(27-22-13)11-4-3-5-12(19)7-11/h3-5,7-8,10,14H,6,9H2,1-2H3,(H,20,24)(H,21,23)(H,25,26)/t14-/m0/s1. The number of amides is 2. The third-order valence-electron chi connectivity index (χ3n) is 3.60. The predicted octanol–water partition coefficient (Wildman–Crippen LogP) is 2.34. The number of aliphatic carboxylic acids is 1. The first-order valence-electron chi connectivity index (χ1n) is 8.29. The van der Waals surface area contributed by atoms with E-state index in [1.165, 1.54) is 6.07 Å². The van der Waals surface area contributed by atoms with Gasteiger partial charge in [-0.15, -0.1) is 0 Å². The van der Waals surface area contributed by atoms with Crippen LogP contribution < -0.4 is 10.6 Å². The van der Waals surface area contributed by atoms with Gasteiger partial charge in [-0.05, 0) is 24.5 Å². The summed E-state index contributed by atoms with van der Waals surface area (Å²) in [5.41, 5.74) is 0.652. The Labute approximate surface area is 160 Å². The van der Waals surface area contributed by atoms with E-state index in [4.69, 9.17) is 21.2 Å². The number of aromatic nitrogens is 1. The number of carbonyl (C=O) groups is 3. The molecule has 1 atom stereocenters. The molecule has 1 aromatic carbocycles. The SMILES string of the molecule is CC(C)C[C@H](NC(=O)CNC(=O)c1cc(-c2cccc(Cl)c2)on1)C(=O)O. The Bertz CT molecular complexity index is 834. The van der Waals surface area contributed by atoms with Gasteiger partial charge < -0.3 is 20.3 Å². The molecule has 0 unspecified atom stereocenters.